The van der Waals surface area contributed by atoms with E-state index in [4.69, 9.17) is 14.2 Å². The van der Waals surface area contributed by atoms with Crippen LogP contribution in [0.3, 0.4) is 0 Å². The Labute approximate surface area is 77.8 Å². The first-order valence-electron chi connectivity index (χ1n) is 4.72. The van der Waals surface area contributed by atoms with Crippen LogP contribution in [0.1, 0.15) is 27.2 Å². The lowest BCUT2D eigenvalue weighted by atomic mass is 10.1. The summed E-state index contributed by atoms with van der Waals surface area (Å²) < 4.78 is 16.4. The monoisotopic (exact) mass is 188 g/mol. The van der Waals surface area contributed by atoms with Crippen LogP contribution in [0.25, 0.3) is 0 Å². The first kappa shape index (κ1) is 9.40. The van der Waals surface area contributed by atoms with E-state index < -0.39 is 12.1 Å². The van der Waals surface area contributed by atoms with E-state index in [0.717, 1.165) is 6.42 Å². The molecule has 1 unspecified atom stereocenters. The van der Waals surface area contributed by atoms with Gasteiger partial charge in [0.1, 0.15) is 12.2 Å². The van der Waals surface area contributed by atoms with E-state index in [9.17, 15) is 5.11 Å². The van der Waals surface area contributed by atoms with Crippen LogP contribution < -0.4 is 0 Å². The average Bonchev–Trinajstić information content (AvgIpc) is 2.47. The SMILES string of the molecule is CC[C@H]1O[C@@H](O)[C@H]2OC(C)(C)OC12. The lowest BCUT2D eigenvalue weighted by Gasteiger charge is -2.21. The molecule has 4 atom stereocenters. The van der Waals surface area contributed by atoms with Gasteiger partial charge in [0.05, 0.1) is 6.10 Å². The molecule has 2 rings (SSSR count). The van der Waals surface area contributed by atoms with Crippen molar-refractivity contribution in [3.8, 4) is 0 Å². The number of fused-ring (bicyclic) bond motifs is 1. The van der Waals surface area contributed by atoms with Crippen LogP contribution in [0.2, 0.25) is 0 Å². The van der Waals surface area contributed by atoms with Gasteiger partial charge in [-0.15, -0.1) is 0 Å². The van der Waals surface area contributed by atoms with Crippen LogP contribution in [0.5, 0.6) is 0 Å². The van der Waals surface area contributed by atoms with Crippen molar-refractivity contribution in [3.63, 3.8) is 0 Å². The standard InChI is InChI=1S/C9H16O4/c1-4-5-6-7(8(10)11-5)13-9(2,3)12-6/h5-8,10H,4H2,1-3H3/t5-,6?,7+,8-/m1/s1. The minimum absolute atomic E-state index is 0.0400. The fourth-order valence-corrected chi connectivity index (χ4v) is 1.99. The molecule has 0 aliphatic carbocycles. The maximum Gasteiger partial charge on any atom is 0.184 e. The molecular weight excluding hydrogens is 172 g/mol. The first-order chi connectivity index (χ1) is 6.03. The van der Waals surface area contributed by atoms with Gasteiger partial charge in [0, 0.05) is 0 Å². The average molecular weight is 188 g/mol. The predicted molar refractivity (Wildman–Crippen MR) is 45.0 cm³/mol. The van der Waals surface area contributed by atoms with Crippen molar-refractivity contribution < 1.29 is 19.3 Å². The lowest BCUT2D eigenvalue weighted by molar-refractivity contribution is -0.220. The fraction of sp³-hybridized carbons (Fsp3) is 1.00. The van der Waals surface area contributed by atoms with E-state index in [2.05, 4.69) is 0 Å². The molecule has 2 heterocycles. The minimum Gasteiger partial charge on any atom is -0.366 e. The van der Waals surface area contributed by atoms with Crippen molar-refractivity contribution in [1.29, 1.82) is 0 Å². The quantitative estimate of drug-likeness (QED) is 0.655. The van der Waals surface area contributed by atoms with Gasteiger partial charge in [0.25, 0.3) is 0 Å². The minimum atomic E-state index is -0.836. The Hall–Kier alpha value is -0.160. The van der Waals surface area contributed by atoms with Gasteiger partial charge < -0.3 is 19.3 Å². The molecular formula is C9H16O4. The molecule has 2 aliphatic heterocycles. The van der Waals surface area contributed by atoms with E-state index >= 15 is 0 Å². The highest BCUT2D eigenvalue weighted by atomic mass is 16.8. The van der Waals surface area contributed by atoms with Crippen LogP contribution >= 0.6 is 0 Å². The topological polar surface area (TPSA) is 47.9 Å². The summed E-state index contributed by atoms with van der Waals surface area (Å²) in [6.07, 6.45) is -0.481. The van der Waals surface area contributed by atoms with Crippen molar-refractivity contribution in [1.82, 2.24) is 0 Å². The highest BCUT2D eigenvalue weighted by Gasteiger charge is 2.54. The molecule has 0 aromatic carbocycles. The molecule has 0 saturated carbocycles. The summed E-state index contributed by atoms with van der Waals surface area (Å²) in [6, 6.07) is 0. The van der Waals surface area contributed by atoms with E-state index in [1.807, 2.05) is 20.8 Å². The zero-order valence-electron chi connectivity index (χ0n) is 8.19. The summed E-state index contributed by atoms with van der Waals surface area (Å²) in [7, 11) is 0. The van der Waals surface area contributed by atoms with Gasteiger partial charge in [0.2, 0.25) is 0 Å². The maximum absolute atomic E-state index is 9.51. The Kier molecular flexibility index (Phi) is 2.11. The molecule has 0 aromatic heterocycles. The Morgan fingerprint density at radius 1 is 1.23 bits per heavy atom. The molecule has 0 amide bonds. The lowest BCUT2D eigenvalue weighted by Crippen LogP contribution is -2.29. The maximum atomic E-state index is 9.51. The number of rotatable bonds is 1. The van der Waals surface area contributed by atoms with Crippen molar-refractivity contribution in [3.05, 3.63) is 0 Å². The van der Waals surface area contributed by atoms with Crippen LogP contribution in [-0.2, 0) is 14.2 Å². The third kappa shape index (κ3) is 1.48. The second-order valence-electron chi connectivity index (χ2n) is 4.04. The van der Waals surface area contributed by atoms with Gasteiger partial charge >= 0.3 is 0 Å². The van der Waals surface area contributed by atoms with E-state index in [1.54, 1.807) is 0 Å². The second-order valence-corrected chi connectivity index (χ2v) is 4.04. The first-order valence-corrected chi connectivity index (χ1v) is 4.72. The zero-order valence-corrected chi connectivity index (χ0v) is 8.19. The molecule has 0 aromatic rings. The van der Waals surface area contributed by atoms with Gasteiger partial charge in [-0.25, -0.2) is 0 Å². The summed E-state index contributed by atoms with van der Waals surface area (Å²) >= 11 is 0. The van der Waals surface area contributed by atoms with E-state index in [-0.39, 0.29) is 18.3 Å². The Morgan fingerprint density at radius 3 is 2.46 bits per heavy atom. The Bertz CT molecular complexity index is 204. The van der Waals surface area contributed by atoms with Gasteiger partial charge in [-0.3, -0.25) is 0 Å². The van der Waals surface area contributed by atoms with E-state index in [1.165, 1.54) is 0 Å². The van der Waals surface area contributed by atoms with Crippen LogP contribution in [0.4, 0.5) is 0 Å². The smallest absolute Gasteiger partial charge is 0.184 e. The van der Waals surface area contributed by atoms with Crippen molar-refractivity contribution in [2.45, 2.75) is 57.6 Å². The molecule has 2 saturated heterocycles. The zero-order chi connectivity index (χ0) is 9.64. The van der Waals surface area contributed by atoms with Crippen LogP contribution in [0, 0.1) is 0 Å². The molecule has 0 radical (unpaired) electrons. The molecule has 13 heavy (non-hydrogen) atoms. The highest BCUT2D eigenvalue weighted by molar-refractivity contribution is 4.93. The summed E-state index contributed by atoms with van der Waals surface area (Å²) in [5, 5.41) is 9.51. The van der Waals surface area contributed by atoms with Gasteiger partial charge in [-0.05, 0) is 20.3 Å². The fourth-order valence-electron chi connectivity index (χ4n) is 1.99. The Morgan fingerprint density at radius 2 is 1.85 bits per heavy atom. The number of aliphatic hydroxyl groups excluding tert-OH is 1. The molecule has 76 valence electrons. The normalized spacial score (nSPS) is 48.0. The molecule has 2 fully saturated rings. The number of hydrogen-bond donors (Lipinski definition) is 1. The molecule has 4 nitrogen and oxygen atoms in total. The van der Waals surface area contributed by atoms with Gasteiger partial charge in [-0.1, -0.05) is 6.92 Å². The third-order valence-electron chi connectivity index (χ3n) is 2.53. The van der Waals surface area contributed by atoms with Crippen LogP contribution in [0.15, 0.2) is 0 Å². The van der Waals surface area contributed by atoms with Crippen molar-refractivity contribution in [2.75, 3.05) is 0 Å². The van der Waals surface area contributed by atoms with Gasteiger partial charge in [-0.2, -0.15) is 0 Å². The molecule has 0 spiro atoms. The van der Waals surface area contributed by atoms with E-state index in [0.29, 0.717) is 0 Å². The third-order valence-corrected chi connectivity index (χ3v) is 2.53. The molecule has 0 bridgehead atoms. The number of hydrogen-bond acceptors (Lipinski definition) is 4. The summed E-state index contributed by atoms with van der Waals surface area (Å²) in [5.74, 6) is -0.590. The number of aliphatic hydroxyl groups is 1. The van der Waals surface area contributed by atoms with Crippen molar-refractivity contribution in [2.24, 2.45) is 0 Å². The largest absolute Gasteiger partial charge is 0.366 e. The predicted octanol–water partition coefficient (Wildman–Crippen LogP) is 0.634. The van der Waals surface area contributed by atoms with Gasteiger partial charge in [0.15, 0.2) is 12.1 Å². The molecule has 2 aliphatic rings. The molecule has 1 N–H and O–H groups in total. The van der Waals surface area contributed by atoms with Crippen LogP contribution in [-0.4, -0.2) is 35.5 Å². The molecule has 4 heteroatoms. The highest BCUT2D eigenvalue weighted by Crippen LogP contribution is 2.38. The summed E-state index contributed by atoms with van der Waals surface area (Å²) in [6.45, 7) is 5.71. The number of ether oxygens (including phenoxy) is 3. The Balaban J connectivity index is 2.12. The second kappa shape index (κ2) is 2.92. The van der Waals surface area contributed by atoms with Crippen molar-refractivity contribution >= 4 is 0 Å². The summed E-state index contributed by atoms with van der Waals surface area (Å²) in [5.41, 5.74) is 0. The summed E-state index contributed by atoms with van der Waals surface area (Å²) in [4.78, 5) is 0.